The van der Waals surface area contributed by atoms with E-state index >= 15 is 0 Å². The van der Waals surface area contributed by atoms with Gasteiger partial charge in [-0.2, -0.15) is 0 Å². The molecule has 0 aliphatic rings. The molecule has 2 nitrogen and oxygen atoms in total. The topological polar surface area (TPSA) is 28.7 Å². The van der Waals surface area contributed by atoms with Gasteiger partial charge in [0.2, 0.25) is 0 Å². The van der Waals surface area contributed by atoms with Gasteiger partial charge in [0.15, 0.2) is 8.07 Å². The minimum atomic E-state index is -1.99. The van der Waals surface area contributed by atoms with Crippen LogP contribution in [0.25, 0.3) is 0 Å². The van der Waals surface area contributed by atoms with Crippen LogP contribution in [-0.2, 0) is 0 Å². The lowest BCUT2D eigenvalue weighted by atomic mass is 10.4. The monoisotopic (exact) mass is 264 g/mol. The van der Waals surface area contributed by atoms with Crippen LogP contribution < -0.4 is 15.8 Å². The average molecular weight is 264 g/mol. The molecule has 3 rings (SSSR count). The third-order valence-electron chi connectivity index (χ3n) is 3.67. The van der Waals surface area contributed by atoms with Crippen molar-refractivity contribution in [1.29, 1.82) is 0 Å². The number of nitrogens with one attached hydrogen (secondary N) is 1. The lowest BCUT2D eigenvalue weighted by Crippen LogP contribution is -2.66. The highest BCUT2D eigenvalue weighted by Crippen LogP contribution is 2.04. The van der Waals surface area contributed by atoms with Crippen molar-refractivity contribution >= 4 is 23.9 Å². The van der Waals surface area contributed by atoms with Crippen molar-refractivity contribution in [1.82, 2.24) is 9.97 Å². The Bertz CT molecular complexity index is 594. The summed E-state index contributed by atoms with van der Waals surface area (Å²) in [4.78, 5) is 7.87. The molecule has 94 valence electrons. The first-order valence-corrected chi connectivity index (χ1v) is 8.93. The molecule has 0 spiro atoms. The molecule has 0 aliphatic heterocycles. The van der Waals surface area contributed by atoms with Crippen LogP contribution in [0.3, 0.4) is 0 Å². The lowest BCUT2D eigenvalue weighted by molar-refractivity contribution is 1.38. The molecule has 0 aliphatic carbocycles. The molecular weight excluding hydrogens is 248 g/mol. The molecule has 0 amide bonds. The third kappa shape index (κ3) is 2.02. The van der Waals surface area contributed by atoms with Crippen molar-refractivity contribution < 1.29 is 0 Å². The SMILES string of the molecule is C[Si](c1ccccc1)(c1ccccc1)c1ncc[nH]1. The van der Waals surface area contributed by atoms with Gasteiger partial charge in [-0.05, 0) is 10.4 Å². The zero-order valence-electron chi connectivity index (χ0n) is 10.9. The van der Waals surface area contributed by atoms with E-state index in [1.165, 1.54) is 10.4 Å². The van der Waals surface area contributed by atoms with Gasteiger partial charge >= 0.3 is 0 Å². The zero-order valence-corrected chi connectivity index (χ0v) is 11.9. The molecule has 1 N–H and O–H groups in total. The Labute approximate surface area is 114 Å². The Morgan fingerprint density at radius 1 is 0.842 bits per heavy atom. The van der Waals surface area contributed by atoms with Crippen molar-refractivity contribution in [2.24, 2.45) is 0 Å². The Hall–Kier alpha value is -2.13. The largest absolute Gasteiger partial charge is 0.352 e. The first-order chi connectivity index (χ1) is 9.32. The zero-order chi connectivity index (χ0) is 13.1. The summed E-state index contributed by atoms with van der Waals surface area (Å²) in [5, 5.41) is 2.74. The van der Waals surface area contributed by atoms with Crippen molar-refractivity contribution in [3.8, 4) is 0 Å². The smallest absolute Gasteiger partial charge is 0.189 e. The standard InChI is InChI=1S/C16H16N2Si/c1-19(16-17-12-13-18-16,14-8-4-2-5-9-14)15-10-6-3-7-11-15/h2-13H,1H3,(H,17,18). The molecule has 0 radical (unpaired) electrons. The number of nitrogens with zero attached hydrogens (tertiary/aromatic N) is 1. The number of hydrogen-bond acceptors (Lipinski definition) is 1. The highest BCUT2D eigenvalue weighted by atomic mass is 28.3. The summed E-state index contributed by atoms with van der Waals surface area (Å²) in [6.07, 6.45) is 3.75. The summed E-state index contributed by atoms with van der Waals surface area (Å²) < 4.78 is 0. The quantitative estimate of drug-likeness (QED) is 0.714. The molecule has 2 aromatic carbocycles. The second-order valence-electron chi connectivity index (χ2n) is 4.79. The van der Waals surface area contributed by atoms with Crippen LogP contribution in [0, 0.1) is 0 Å². The molecule has 0 unspecified atom stereocenters. The van der Waals surface area contributed by atoms with Crippen LogP contribution >= 0.6 is 0 Å². The average Bonchev–Trinajstić information content (AvgIpc) is 3.03. The molecule has 1 heterocycles. The van der Waals surface area contributed by atoms with Gasteiger partial charge in [0, 0.05) is 12.4 Å². The van der Waals surface area contributed by atoms with E-state index < -0.39 is 8.07 Å². The van der Waals surface area contributed by atoms with E-state index in [9.17, 15) is 0 Å². The Morgan fingerprint density at radius 2 is 1.37 bits per heavy atom. The van der Waals surface area contributed by atoms with E-state index in [0.717, 1.165) is 5.45 Å². The van der Waals surface area contributed by atoms with E-state index in [0.29, 0.717) is 0 Å². The Kier molecular flexibility index (Phi) is 3.05. The molecule has 19 heavy (non-hydrogen) atoms. The fraction of sp³-hybridized carbons (Fsp3) is 0.0625. The summed E-state index contributed by atoms with van der Waals surface area (Å²) >= 11 is 0. The number of rotatable bonds is 3. The van der Waals surface area contributed by atoms with Crippen molar-refractivity contribution in [3.05, 3.63) is 73.1 Å². The molecule has 0 fully saturated rings. The molecule has 0 saturated carbocycles. The van der Waals surface area contributed by atoms with E-state index in [2.05, 4.69) is 77.2 Å². The van der Waals surface area contributed by atoms with E-state index in [1.807, 2.05) is 12.4 Å². The highest BCUT2D eigenvalue weighted by Gasteiger charge is 2.36. The van der Waals surface area contributed by atoms with Gasteiger partial charge < -0.3 is 4.98 Å². The second kappa shape index (κ2) is 4.86. The number of benzene rings is 2. The molecule has 3 aromatic rings. The van der Waals surface area contributed by atoms with Crippen molar-refractivity contribution in [3.63, 3.8) is 0 Å². The van der Waals surface area contributed by atoms with Crippen LogP contribution in [0.5, 0.6) is 0 Å². The van der Waals surface area contributed by atoms with Gasteiger partial charge in [0.1, 0.15) is 0 Å². The fourth-order valence-electron chi connectivity index (χ4n) is 2.52. The molecular formula is C16H16N2Si. The summed E-state index contributed by atoms with van der Waals surface area (Å²) in [6.45, 7) is 2.34. The van der Waals surface area contributed by atoms with Gasteiger partial charge in [-0.15, -0.1) is 0 Å². The van der Waals surface area contributed by atoms with Crippen molar-refractivity contribution in [2.75, 3.05) is 0 Å². The van der Waals surface area contributed by atoms with Crippen LogP contribution in [-0.4, -0.2) is 18.0 Å². The lowest BCUT2D eigenvalue weighted by Gasteiger charge is -2.26. The van der Waals surface area contributed by atoms with E-state index in [4.69, 9.17) is 0 Å². The van der Waals surface area contributed by atoms with E-state index in [-0.39, 0.29) is 0 Å². The number of aromatic nitrogens is 2. The van der Waals surface area contributed by atoms with Gasteiger partial charge in [0.25, 0.3) is 0 Å². The number of imidazole rings is 1. The van der Waals surface area contributed by atoms with Gasteiger partial charge in [0.05, 0.1) is 5.45 Å². The molecule has 0 bridgehead atoms. The van der Waals surface area contributed by atoms with Crippen LogP contribution in [0.4, 0.5) is 0 Å². The predicted molar refractivity (Wildman–Crippen MR) is 82.0 cm³/mol. The Morgan fingerprint density at radius 3 is 1.79 bits per heavy atom. The van der Waals surface area contributed by atoms with Gasteiger partial charge in [-0.25, -0.2) is 4.98 Å². The second-order valence-corrected chi connectivity index (χ2v) is 8.67. The Balaban J connectivity index is 2.23. The van der Waals surface area contributed by atoms with Gasteiger partial charge in [-0.1, -0.05) is 67.2 Å². The normalized spacial score (nSPS) is 11.4. The number of hydrogen-bond donors (Lipinski definition) is 1. The first-order valence-electron chi connectivity index (χ1n) is 6.43. The summed E-state index contributed by atoms with van der Waals surface area (Å²) in [5.41, 5.74) is 1.10. The van der Waals surface area contributed by atoms with Gasteiger partial charge in [-0.3, -0.25) is 0 Å². The van der Waals surface area contributed by atoms with Crippen LogP contribution in [0.2, 0.25) is 6.55 Å². The van der Waals surface area contributed by atoms with Crippen molar-refractivity contribution in [2.45, 2.75) is 6.55 Å². The maximum absolute atomic E-state index is 4.55. The number of H-pyrrole nitrogens is 1. The third-order valence-corrected chi connectivity index (χ3v) is 7.87. The first kappa shape index (κ1) is 11.9. The highest BCUT2D eigenvalue weighted by molar-refractivity contribution is 7.09. The number of aromatic amines is 1. The summed E-state index contributed by atoms with van der Waals surface area (Å²) in [6, 6.07) is 21.4. The van der Waals surface area contributed by atoms with Crippen LogP contribution in [0.15, 0.2) is 73.1 Å². The van der Waals surface area contributed by atoms with E-state index in [1.54, 1.807) is 0 Å². The fourth-order valence-corrected chi connectivity index (χ4v) is 5.82. The molecule has 0 saturated heterocycles. The maximum atomic E-state index is 4.55. The predicted octanol–water partition coefficient (Wildman–Crippen LogP) is 1.51. The molecule has 0 atom stereocenters. The molecule has 1 aromatic heterocycles. The van der Waals surface area contributed by atoms with Crippen LogP contribution in [0.1, 0.15) is 0 Å². The maximum Gasteiger partial charge on any atom is 0.189 e. The molecule has 3 heteroatoms. The minimum absolute atomic E-state index is 1.10. The minimum Gasteiger partial charge on any atom is -0.352 e. The summed E-state index contributed by atoms with van der Waals surface area (Å²) in [7, 11) is -1.99. The summed E-state index contributed by atoms with van der Waals surface area (Å²) in [5.74, 6) is 0.